The Kier molecular flexibility index (Phi) is 6.36. The Morgan fingerprint density at radius 1 is 1.10 bits per heavy atom. The molecule has 2 aromatic heterocycles. The molecular weight excluding hydrogens is 408 g/mol. The van der Waals surface area contributed by atoms with Gasteiger partial charge in [0.25, 0.3) is 0 Å². The van der Waals surface area contributed by atoms with Crippen LogP contribution >= 0.6 is 11.8 Å². The van der Waals surface area contributed by atoms with Gasteiger partial charge in [0.15, 0.2) is 10.8 Å². The van der Waals surface area contributed by atoms with Crippen LogP contribution in [-0.2, 0) is 17.8 Å². The average molecular weight is 435 g/mol. The summed E-state index contributed by atoms with van der Waals surface area (Å²) < 4.78 is 1.82. The highest BCUT2D eigenvalue weighted by molar-refractivity contribution is 7.98. The van der Waals surface area contributed by atoms with Crippen LogP contribution in [0.25, 0.3) is 21.8 Å². The Morgan fingerprint density at radius 2 is 1.90 bits per heavy atom. The van der Waals surface area contributed by atoms with E-state index in [2.05, 4.69) is 57.7 Å². The molecule has 2 aromatic carbocycles. The molecule has 2 heterocycles. The fraction of sp³-hybridized carbons (Fsp3) is 0.304. The Labute approximate surface area is 185 Å². The van der Waals surface area contributed by atoms with Crippen molar-refractivity contribution in [2.45, 2.75) is 38.0 Å². The average Bonchev–Trinajstić information content (AvgIpc) is 3.17. The number of amides is 1. The zero-order valence-electron chi connectivity index (χ0n) is 17.9. The van der Waals surface area contributed by atoms with Crippen molar-refractivity contribution in [1.82, 2.24) is 25.1 Å². The monoisotopic (exact) mass is 434 g/mol. The topological polar surface area (TPSA) is 84.7 Å². The highest BCUT2D eigenvalue weighted by atomic mass is 32.2. The second kappa shape index (κ2) is 9.34. The lowest BCUT2D eigenvalue weighted by Crippen LogP contribution is -2.29. The van der Waals surface area contributed by atoms with Crippen LogP contribution in [0.5, 0.6) is 0 Å². The van der Waals surface area contributed by atoms with E-state index < -0.39 is 0 Å². The molecule has 31 heavy (non-hydrogen) atoms. The summed E-state index contributed by atoms with van der Waals surface area (Å²) >= 11 is 1.49. The number of nitrogens with zero attached hydrogens (tertiary/aromatic N) is 4. The molecular formula is C23H26N6OS. The van der Waals surface area contributed by atoms with Crippen LogP contribution < -0.4 is 10.6 Å². The predicted molar refractivity (Wildman–Crippen MR) is 127 cm³/mol. The molecule has 2 N–H and O–H groups in total. The van der Waals surface area contributed by atoms with Crippen LogP contribution in [-0.4, -0.2) is 44.5 Å². The number of aromatic nitrogens is 4. The van der Waals surface area contributed by atoms with Crippen LogP contribution in [0, 0.1) is 0 Å². The number of hydrogen-bond donors (Lipinski definition) is 2. The molecule has 0 aliphatic rings. The molecule has 0 saturated heterocycles. The summed E-state index contributed by atoms with van der Waals surface area (Å²) in [6.07, 6.45) is 4.08. The van der Waals surface area contributed by atoms with Crippen LogP contribution in [0.3, 0.4) is 0 Å². The van der Waals surface area contributed by atoms with Gasteiger partial charge in [-0.1, -0.05) is 54.2 Å². The minimum Gasteiger partial charge on any atom is -0.367 e. The molecule has 160 valence electrons. The second-order valence-electron chi connectivity index (χ2n) is 7.63. The number of hydrogen-bond acceptors (Lipinski definition) is 6. The van der Waals surface area contributed by atoms with Gasteiger partial charge in [0.1, 0.15) is 5.82 Å². The fourth-order valence-corrected chi connectivity index (χ4v) is 3.92. The van der Waals surface area contributed by atoms with Gasteiger partial charge in [-0.3, -0.25) is 4.79 Å². The highest BCUT2D eigenvalue weighted by Crippen LogP contribution is 2.24. The number of carbonyl (C=O) groups is 1. The summed E-state index contributed by atoms with van der Waals surface area (Å²) in [5, 5.41) is 14.7. The molecule has 0 atom stereocenters. The standard InChI is InChI=1S/C23H26N6OS/c1-15(2)26-21-19-14-25-29(22(19)28-23(27-21)31-3)12-11-24-20(30)13-17-9-6-8-16-7-4-5-10-18(16)17/h4-10,14-15H,11-13H2,1-3H3,(H,24,30)(H,26,27,28). The second-order valence-corrected chi connectivity index (χ2v) is 8.40. The first kappa shape index (κ1) is 21.1. The Hall–Kier alpha value is -3.13. The van der Waals surface area contributed by atoms with E-state index in [-0.39, 0.29) is 11.9 Å². The van der Waals surface area contributed by atoms with Gasteiger partial charge in [0, 0.05) is 12.6 Å². The van der Waals surface area contributed by atoms with Gasteiger partial charge in [-0.25, -0.2) is 14.6 Å². The van der Waals surface area contributed by atoms with Crippen LogP contribution in [0.2, 0.25) is 0 Å². The van der Waals surface area contributed by atoms with Crippen molar-refractivity contribution in [2.24, 2.45) is 0 Å². The number of benzene rings is 2. The molecule has 0 aliphatic heterocycles. The molecule has 4 rings (SSSR count). The number of carbonyl (C=O) groups excluding carboxylic acids is 1. The third-order valence-electron chi connectivity index (χ3n) is 4.96. The highest BCUT2D eigenvalue weighted by Gasteiger charge is 2.14. The van der Waals surface area contributed by atoms with Gasteiger partial charge in [-0.15, -0.1) is 0 Å². The maximum Gasteiger partial charge on any atom is 0.224 e. The molecule has 7 nitrogen and oxygen atoms in total. The molecule has 0 unspecified atom stereocenters. The molecule has 8 heteroatoms. The van der Waals surface area contributed by atoms with Gasteiger partial charge < -0.3 is 10.6 Å². The van der Waals surface area contributed by atoms with E-state index in [1.165, 1.54) is 11.8 Å². The van der Waals surface area contributed by atoms with E-state index in [0.29, 0.717) is 24.7 Å². The van der Waals surface area contributed by atoms with E-state index in [9.17, 15) is 4.79 Å². The number of fused-ring (bicyclic) bond motifs is 2. The molecule has 0 fully saturated rings. The van der Waals surface area contributed by atoms with E-state index >= 15 is 0 Å². The van der Waals surface area contributed by atoms with Crippen molar-refractivity contribution < 1.29 is 4.79 Å². The maximum absolute atomic E-state index is 12.5. The largest absolute Gasteiger partial charge is 0.367 e. The minimum atomic E-state index is -0.00518. The van der Waals surface area contributed by atoms with Gasteiger partial charge in [0.05, 0.1) is 24.5 Å². The SMILES string of the molecule is CSc1nc(NC(C)C)c2cnn(CCNC(=O)Cc3cccc4ccccc34)c2n1. The Morgan fingerprint density at radius 3 is 2.71 bits per heavy atom. The van der Waals surface area contributed by atoms with Gasteiger partial charge in [0.2, 0.25) is 5.91 Å². The molecule has 4 aromatic rings. The van der Waals surface area contributed by atoms with Crippen LogP contribution in [0.15, 0.2) is 53.8 Å². The van der Waals surface area contributed by atoms with Crippen molar-refractivity contribution in [3.05, 3.63) is 54.2 Å². The number of anilines is 1. The zero-order valence-corrected chi connectivity index (χ0v) is 18.7. The minimum absolute atomic E-state index is 0.00518. The Bertz CT molecular complexity index is 1210. The summed E-state index contributed by atoms with van der Waals surface area (Å²) in [7, 11) is 0. The molecule has 0 aliphatic carbocycles. The third-order valence-corrected chi connectivity index (χ3v) is 5.51. The summed E-state index contributed by atoms with van der Waals surface area (Å²) in [4.78, 5) is 21.7. The molecule has 0 spiro atoms. The summed E-state index contributed by atoms with van der Waals surface area (Å²) in [5.74, 6) is 0.782. The maximum atomic E-state index is 12.5. The van der Waals surface area contributed by atoms with Gasteiger partial charge in [-0.05, 0) is 36.4 Å². The Balaban J connectivity index is 1.44. The van der Waals surface area contributed by atoms with Crippen molar-refractivity contribution >= 4 is 45.3 Å². The van der Waals surface area contributed by atoms with Crippen molar-refractivity contribution in [2.75, 3.05) is 18.1 Å². The quantitative estimate of drug-likeness (QED) is 0.323. The van der Waals surface area contributed by atoms with Crippen molar-refractivity contribution in [3.8, 4) is 0 Å². The first-order valence-corrected chi connectivity index (χ1v) is 11.5. The van der Waals surface area contributed by atoms with Gasteiger partial charge in [-0.2, -0.15) is 5.10 Å². The van der Waals surface area contributed by atoms with E-state index in [1.807, 2.05) is 35.2 Å². The van der Waals surface area contributed by atoms with E-state index in [0.717, 1.165) is 33.2 Å². The molecule has 1 amide bonds. The van der Waals surface area contributed by atoms with Gasteiger partial charge >= 0.3 is 0 Å². The van der Waals surface area contributed by atoms with Crippen molar-refractivity contribution in [1.29, 1.82) is 0 Å². The van der Waals surface area contributed by atoms with Crippen molar-refractivity contribution in [3.63, 3.8) is 0 Å². The molecule has 0 bridgehead atoms. The third kappa shape index (κ3) is 4.80. The summed E-state index contributed by atoms with van der Waals surface area (Å²) in [6, 6.07) is 14.4. The first-order chi connectivity index (χ1) is 15.0. The normalized spacial score (nSPS) is 11.4. The van der Waals surface area contributed by atoms with Crippen LogP contribution in [0.4, 0.5) is 5.82 Å². The number of nitrogens with one attached hydrogen (secondary N) is 2. The molecule has 0 radical (unpaired) electrons. The molecule has 0 saturated carbocycles. The lowest BCUT2D eigenvalue weighted by Gasteiger charge is -2.11. The van der Waals surface area contributed by atoms with Crippen LogP contribution in [0.1, 0.15) is 19.4 Å². The summed E-state index contributed by atoms with van der Waals surface area (Å²) in [5.41, 5.74) is 1.80. The smallest absolute Gasteiger partial charge is 0.224 e. The number of rotatable bonds is 8. The lowest BCUT2D eigenvalue weighted by atomic mass is 10.0. The fourth-order valence-electron chi connectivity index (χ4n) is 3.56. The lowest BCUT2D eigenvalue weighted by molar-refractivity contribution is -0.120. The first-order valence-electron chi connectivity index (χ1n) is 10.3. The van der Waals surface area contributed by atoms with E-state index in [4.69, 9.17) is 0 Å². The predicted octanol–water partition coefficient (Wildman–Crippen LogP) is 3.88. The van der Waals surface area contributed by atoms with E-state index in [1.54, 1.807) is 6.20 Å². The summed E-state index contributed by atoms with van der Waals surface area (Å²) in [6.45, 7) is 5.16. The zero-order chi connectivity index (χ0) is 21.8. The number of thioether (sulfide) groups is 1.